The molecule has 1 rings (SSSR count). The van der Waals surface area contributed by atoms with Crippen LogP contribution in [0.5, 0.6) is 0 Å². The molecule has 5 heteroatoms. The number of nitrogens with zero attached hydrogens (tertiary/aromatic N) is 1. The van der Waals surface area contributed by atoms with E-state index in [4.69, 9.17) is 0 Å². The molecule has 0 amide bonds. The van der Waals surface area contributed by atoms with Crippen molar-refractivity contribution in [2.45, 2.75) is 31.6 Å². The van der Waals surface area contributed by atoms with Crippen LogP contribution in [0.4, 0.5) is 0 Å². The van der Waals surface area contributed by atoms with Crippen molar-refractivity contribution < 1.29 is 13.5 Å². The Balaban J connectivity index is 2.67. The van der Waals surface area contributed by atoms with Gasteiger partial charge in [0.05, 0.1) is 10.9 Å². The van der Waals surface area contributed by atoms with E-state index >= 15 is 0 Å². The zero-order chi connectivity index (χ0) is 15.6. The molecule has 1 atom stereocenters. The highest BCUT2D eigenvalue weighted by molar-refractivity contribution is 7.92. The molecular weight excluding hydrogens is 274 g/mol. The van der Waals surface area contributed by atoms with Crippen LogP contribution in [0.3, 0.4) is 0 Å². The molecule has 0 bridgehead atoms. The Labute approximate surface area is 122 Å². The van der Waals surface area contributed by atoms with Gasteiger partial charge >= 0.3 is 0 Å². The van der Waals surface area contributed by atoms with E-state index in [1.807, 2.05) is 43.1 Å². The summed E-state index contributed by atoms with van der Waals surface area (Å²) in [6, 6.07) is 7.71. The number of aryl methyl sites for hydroxylation is 1. The molecule has 0 radical (unpaired) electrons. The summed E-state index contributed by atoms with van der Waals surface area (Å²) in [5.41, 5.74) is 1.99. The van der Waals surface area contributed by atoms with Crippen molar-refractivity contribution in [3.8, 4) is 0 Å². The van der Waals surface area contributed by atoms with Crippen LogP contribution in [-0.2, 0) is 9.84 Å². The van der Waals surface area contributed by atoms with Crippen molar-refractivity contribution in [2.24, 2.45) is 0 Å². The van der Waals surface area contributed by atoms with Crippen molar-refractivity contribution in [3.05, 3.63) is 35.4 Å². The van der Waals surface area contributed by atoms with Gasteiger partial charge in [-0.15, -0.1) is 0 Å². The Morgan fingerprint density at radius 2 is 1.75 bits per heavy atom. The zero-order valence-electron chi connectivity index (χ0n) is 12.9. The maximum absolute atomic E-state index is 11.7. The lowest BCUT2D eigenvalue weighted by atomic mass is 10.1. The topological polar surface area (TPSA) is 57.6 Å². The molecule has 0 aromatic heterocycles. The summed E-state index contributed by atoms with van der Waals surface area (Å²) >= 11 is 0. The third kappa shape index (κ3) is 4.58. The quantitative estimate of drug-likeness (QED) is 0.870. The number of aliphatic hydroxyl groups is 1. The fraction of sp³-hybridized carbons (Fsp3) is 0.600. The first-order chi connectivity index (χ1) is 9.03. The molecule has 0 aliphatic carbocycles. The van der Waals surface area contributed by atoms with E-state index in [0.29, 0.717) is 13.1 Å². The third-order valence-electron chi connectivity index (χ3n) is 3.60. The maximum atomic E-state index is 11.7. The molecule has 114 valence electrons. The number of sulfone groups is 1. The van der Waals surface area contributed by atoms with Crippen molar-refractivity contribution in [1.29, 1.82) is 0 Å². The predicted molar refractivity (Wildman–Crippen MR) is 82.6 cm³/mol. The van der Waals surface area contributed by atoms with Gasteiger partial charge in [-0.05, 0) is 33.4 Å². The molecule has 0 spiro atoms. The SMILES string of the molecule is Cc1ccc(C(O)CN(C)CC(C)(C)S(C)(=O)=O)cc1. The highest BCUT2D eigenvalue weighted by atomic mass is 32.2. The second kappa shape index (κ2) is 6.24. The Morgan fingerprint density at radius 3 is 2.20 bits per heavy atom. The molecule has 0 aliphatic heterocycles. The standard InChI is InChI=1S/C15H25NO3S/c1-12-6-8-13(9-7-12)14(17)10-16(4)11-15(2,3)20(5,18)19/h6-9,14,17H,10-11H2,1-5H3. The first-order valence-corrected chi connectivity index (χ1v) is 8.55. The lowest BCUT2D eigenvalue weighted by molar-refractivity contribution is 0.123. The first kappa shape index (κ1) is 17.1. The van der Waals surface area contributed by atoms with Crippen molar-refractivity contribution in [1.82, 2.24) is 4.90 Å². The van der Waals surface area contributed by atoms with E-state index in [1.54, 1.807) is 13.8 Å². The molecule has 0 heterocycles. The lowest BCUT2D eigenvalue weighted by Gasteiger charge is -2.30. The minimum atomic E-state index is -3.13. The van der Waals surface area contributed by atoms with Crippen LogP contribution in [0.1, 0.15) is 31.1 Å². The monoisotopic (exact) mass is 299 g/mol. The molecule has 0 saturated heterocycles. The van der Waals surface area contributed by atoms with E-state index in [-0.39, 0.29) is 0 Å². The van der Waals surface area contributed by atoms with Gasteiger partial charge in [0.2, 0.25) is 0 Å². The molecule has 1 aromatic carbocycles. The number of aliphatic hydroxyl groups excluding tert-OH is 1. The minimum Gasteiger partial charge on any atom is -0.387 e. The smallest absolute Gasteiger partial charge is 0.153 e. The summed E-state index contributed by atoms with van der Waals surface area (Å²) < 4.78 is 22.6. The second-order valence-electron chi connectivity index (χ2n) is 6.16. The highest BCUT2D eigenvalue weighted by Crippen LogP contribution is 2.19. The fourth-order valence-corrected chi connectivity index (χ4v) is 2.48. The average molecular weight is 299 g/mol. The predicted octanol–water partition coefficient (Wildman–Crippen LogP) is 1.78. The van der Waals surface area contributed by atoms with E-state index < -0.39 is 20.7 Å². The summed E-state index contributed by atoms with van der Waals surface area (Å²) in [4.78, 5) is 1.85. The lowest BCUT2D eigenvalue weighted by Crippen LogP contribution is -2.43. The van der Waals surface area contributed by atoms with E-state index in [9.17, 15) is 13.5 Å². The number of rotatable bonds is 6. The molecule has 20 heavy (non-hydrogen) atoms. The number of benzene rings is 1. The second-order valence-corrected chi connectivity index (χ2v) is 8.80. The summed E-state index contributed by atoms with van der Waals surface area (Å²) in [6.45, 7) is 6.20. The molecule has 1 aromatic rings. The van der Waals surface area contributed by atoms with Crippen molar-refractivity contribution in [3.63, 3.8) is 0 Å². The molecule has 0 aliphatic rings. The summed E-state index contributed by atoms with van der Waals surface area (Å²) in [5, 5.41) is 10.2. The maximum Gasteiger partial charge on any atom is 0.153 e. The van der Waals surface area contributed by atoms with Crippen LogP contribution >= 0.6 is 0 Å². The van der Waals surface area contributed by atoms with Crippen LogP contribution in [-0.4, -0.2) is 49.6 Å². The highest BCUT2D eigenvalue weighted by Gasteiger charge is 2.31. The largest absolute Gasteiger partial charge is 0.387 e. The van der Waals surface area contributed by atoms with Gasteiger partial charge in [0.25, 0.3) is 0 Å². The van der Waals surface area contributed by atoms with Crippen LogP contribution in [0.15, 0.2) is 24.3 Å². The Morgan fingerprint density at radius 1 is 1.25 bits per heavy atom. The molecule has 0 saturated carbocycles. The normalized spacial score (nSPS) is 14.6. The average Bonchev–Trinajstić information content (AvgIpc) is 2.27. The van der Waals surface area contributed by atoms with Gasteiger partial charge in [0.1, 0.15) is 0 Å². The zero-order valence-corrected chi connectivity index (χ0v) is 13.7. The van der Waals surface area contributed by atoms with Crippen LogP contribution in [0.25, 0.3) is 0 Å². The summed E-state index contributed by atoms with van der Waals surface area (Å²) in [5.74, 6) is 0. The van der Waals surface area contributed by atoms with Crippen LogP contribution in [0.2, 0.25) is 0 Å². The minimum absolute atomic E-state index is 0.384. The van der Waals surface area contributed by atoms with Gasteiger partial charge in [0.15, 0.2) is 9.84 Å². The van der Waals surface area contributed by atoms with Crippen LogP contribution < -0.4 is 0 Å². The van der Waals surface area contributed by atoms with Gasteiger partial charge in [-0.25, -0.2) is 8.42 Å². The molecule has 4 nitrogen and oxygen atoms in total. The Hall–Kier alpha value is -0.910. The van der Waals surface area contributed by atoms with Gasteiger partial charge in [-0.2, -0.15) is 0 Å². The first-order valence-electron chi connectivity index (χ1n) is 6.66. The number of hydrogen-bond donors (Lipinski definition) is 1. The summed E-state index contributed by atoms with van der Waals surface area (Å²) in [6.07, 6.45) is 0.632. The molecule has 1 unspecified atom stereocenters. The van der Waals surface area contributed by atoms with E-state index in [2.05, 4.69) is 0 Å². The van der Waals surface area contributed by atoms with E-state index in [1.165, 1.54) is 6.26 Å². The van der Waals surface area contributed by atoms with Gasteiger partial charge in [-0.1, -0.05) is 29.8 Å². The van der Waals surface area contributed by atoms with Gasteiger partial charge in [-0.3, -0.25) is 0 Å². The van der Waals surface area contributed by atoms with Gasteiger partial charge < -0.3 is 10.0 Å². The van der Waals surface area contributed by atoms with Crippen LogP contribution in [0, 0.1) is 6.92 Å². The van der Waals surface area contributed by atoms with Crippen molar-refractivity contribution >= 4 is 9.84 Å². The Bertz CT molecular complexity index is 535. The van der Waals surface area contributed by atoms with E-state index in [0.717, 1.165) is 11.1 Å². The van der Waals surface area contributed by atoms with Gasteiger partial charge in [0, 0.05) is 19.3 Å². The molecule has 0 fully saturated rings. The Kier molecular flexibility index (Phi) is 5.35. The van der Waals surface area contributed by atoms with Crippen molar-refractivity contribution in [2.75, 3.05) is 26.4 Å². The molecular formula is C15H25NO3S. The number of hydrogen-bond acceptors (Lipinski definition) is 4. The third-order valence-corrected chi connectivity index (χ3v) is 5.74. The molecule has 1 N–H and O–H groups in total. The number of likely N-dealkylation sites (N-methyl/N-ethyl adjacent to an activating group) is 1. The fourth-order valence-electron chi connectivity index (χ4n) is 2.02. The summed E-state index contributed by atoms with van der Waals surface area (Å²) in [7, 11) is -1.30.